The van der Waals surface area contributed by atoms with Crippen molar-refractivity contribution in [1.82, 2.24) is 4.57 Å². The van der Waals surface area contributed by atoms with E-state index in [4.69, 9.17) is 12.3 Å². The smallest absolute Gasteiger partial charge is 0.144 e. The summed E-state index contributed by atoms with van der Waals surface area (Å²) >= 11 is 1.73. The second kappa shape index (κ2) is 8.11. The van der Waals surface area contributed by atoms with E-state index in [0.717, 1.165) is 59.6 Å². The van der Waals surface area contributed by atoms with Crippen molar-refractivity contribution in [2.45, 2.75) is 0 Å². The van der Waals surface area contributed by atoms with E-state index in [2.05, 4.69) is 114 Å². The summed E-state index contributed by atoms with van der Waals surface area (Å²) in [7, 11) is 6.80. The minimum Gasteiger partial charge on any atom is -0.455 e. The van der Waals surface area contributed by atoms with Crippen LogP contribution in [0, 0.1) is 0 Å². The van der Waals surface area contributed by atoms with Crippen molar-refractivity contribution in [2.75, 3.05) is 0 Å². The lowest BCUT2D eigenvalue weighted by Crippen LogP contribution is -2.05. The van der Waals surface area contributed by atoms with E-state index >= 15 is 0 Å². The zero-order chi connectivity index (χ0) is 26.4. The van der Waals surface area contributed by atoms with Crippen LogP contribution in [0.5, 0.6) is 0 Å². The molecule has 4 heteroatoms. The molecule has 0 aliphatic rings. The molecule has 3 aromatic heterocycles. The van der Waals surface area contributed by atoms with Crippen LogP contribution in [-0.2, 0) is 0 Å². The highest BCUT2D eigenvalue weighted by atomic mass is 32.1. The van der Waals surface area contributed by atoms with Crippen LogP contribution in [0.25, 0.3) is 80.7 Å². The van der Waals surface area contributed by atoms with Crippen LogP contribution in [-0.4, -0.2) is 12.4 Å². The summed E-state index contributed by atoms with van der Waals surface area (Å²) in [4.78, 5) is 0. The molecular formula is C36H20BNOS. The van der Waals surface area contributed by atoms with Crippen molar-refractivity contribution < 1.29 is 4.42 Å². The molecule has 40 heavy (non-hydrogen) atoms. The van der Waals surface area contributed by atoms with Crippen molar-refractivity contribution in [3.8, 4) is 16.8 Å². The number of benzene rings is 6. The maximum absolute atomic E-state index is 6.80. The number of hydrogen-bond acceptors (Lipinski definition) is 2. The molecule has 184 valence electrons. The summed E-state index contributed by atoms with van der Waals surface area (Å²) in [6.45, 7) is 0. The SMILES string of the molecule is [B]c1cc(-n2c3ccccc3c3cc(-c4ccccc4)ccc32)cc2c1sc1ccc3c4ccccc4oc3c12. The minimum atomic E-state index is 0.782. The van der Waals surface area contributed by atoms with Crippen molar-refractivity contribution in [1.29, 1.82) is 0 Å². The van der Waals surface area contributed by atoms with Gasteiger partial charge in [-0.3, -0.25) is 0 Å². The van der Waals surface area contributed by atoms with Crippen LogP contribution in [0.1, 0.15) is 0 Å². The standard InChI is InChI=1S/C36H20BNOS/c37-29-20-23(19-28-34-33(40-36(28)29)17-15-26-25-11-5-7-13-32(25)39-35(26)34)38-30-12-6-4-10-24(30)27-18-22(14-16-31(27)38)21-8-2-1-3-9-21/h1-20H. The van der Waals surface area contributed by atoms with Crippen LogP contribution in [0.15, 0.2) is 126 Å². The minimum absolute atomic E-state index is 0.782. The maximum atomic E-state index is 6.80. The van der Waals surface area contributed by atoms with Crippen LogP contribution < -0.4 is 5.46 Å². The molecule has 2 radical (unpaired) electrons. The maximum Gasteiger partial charge on any atom is 0.144 e. The molecule has 0 aliphatic carbocycles. The van der Waals surface area contributed by atoms with E-state index in [1.54, 1.807) is 11.3 Å². The molecule has 6 aromatic carbocycles. The Labute approximate surface area is 235 Å². The van der Waals surface area contributed by atoms with Gasteiger partial charge in [-0.05, 0) is 59.7 Å². The topological polar surface area (TPSA) is 18.1 Å². The molecule has 0 unspecified atom stereocenters. The molecular weight excluding hydrogens is 505 g/mol. The normalized spacial score (nSPS) is 12.1. The molecule has 0 saturated heterocycles. The molecule has 0 aliphatic heterocycles. The predicted octanol–water partition coefficient (Wildman–Crippen LogP) is 9.51. The molecule has 0 atom stereocenters. The number of para-hydroxylation sites is 2. The molecule has 2 nitrogen and oxygen atoms in total. The van der Waals surface area contributed by atoms with E-state index in [1.165, 1.54) is 26.6 Å². The van der Waals surface area contributed by atoms with Gasteiger partial charge in [0.05, 0.1) is 11.0 Å². The van der Waals surface area contributed by atoms with Gasteiger partial charge in [-0.25, -0.2) is 0 Å². The summed E-state index contributed by atoms with van der Waals surface area (Å²) in [6, 6.07) is 43.0. The monoisotopic (exact) mass is 525 g/mol. The first-order valence-electron chi connectivity index (χ1n) is 13.4. The number of thiophene rings is 1. The molecule has 9 aromatic rings. The number of nitrogens with zero attached hydrogens (tertiary/aromatic N) is 1. The Balaban J connectivity index is 1.37. The summed E-state index contributed by atoms with van der Waals surface area (Å²) in [5.74, 6) is 0. The van der Waals surface area contributed by atoms with Crippen LogP contribution in [0.4, 0.5) is 0 Å². The fraction of sp³-hybridized carbons (Fsp3) is 0. The Morgan fingerprint density at radius 3 is 2.25 bits per heavy atom. The average Bonchev–Trinajstić information content (AvgIpc) is 3.67. The Hall–Kier alpha value is -4.80. The quantitative estimate of drug-likeness (QED) is 0.206. The third-order valence-electron chi connectivity index (χ3n) is 8.13. The van der Waals surface area contributed by atoms with Gasteiger partial charge in [0.15, 0.2) is 0 Å². The van der Waals surface area contributed by atoms with Crippen molar-refractivity contribution in [3.63, 3.8) is 0 Å². The summed E-state index contributed by atoms with van der Waals surface area (Å²) in [5.41, 5.74) is 8.42. The molecule has 0 saturated carbocycles. The van der Waals surface area contributed by atoms with Gasteiger partial charge in [0.1, 0.15) is 19.0 Å². The largest absolute Gasteiger partial charge is 0.455 e. The molecule has 0 N–H and O–H groups in total. The van der Waals surface area contributed by atoms with Gasteiger partial charge in [-0.1, -0.05) is 78.3 Å². The van der Waals surface area contributed by atoms with Gasteiger partial charge >= 0.3 is 0 Å². The zero-order valence-corrected chi connectivity index (χ0v) is 22.2. The van der Waals surface area contributed by atoms with Crippen molar-refractivity contribution in [3.05, 3.63) is 121 Å². The van der Waals surface area contributed by atoms with Gasteiger partial charge in [-0.2, -0.15) is 0 Å². The second-order valence-corrected chi connectivity index (χ2v) is 11.4. The highest BCUT2D eigenvalue weighted by Crippen LogP contribution is 2.42. The third-order valence-corrected chi connectivity index (χ3v) is 9.35. The van der Waals surface area contributed by atoms with Gasteiger partial charge in [0.25, 0.3) is 0 Å². The molecule has 0 amide bonds. The number of aromatic nitrogens is 1. The second-order valence-electron chi connectivity index (χ2n) is 10.4. The molecule has 0 fully saturated rings. The number of rotatable bonds is 2. The van der Waals surface area contributed by atoms with E-state index in [-0.39, 0.29) is 0 Å². The highest BCUT2D eigenvalue weighted by molar-refractivity contribution is 7.27. The van der Waals surface area contributed by atoms with Crippen molar-refractivity contribution >= 4 is 88.6 Å². The fourth-order valence-corrected chi connectivity index (χ4v) is 7.45. The van der Waals surface area contributed by atoms with Crippen LogP contribution >= 0.6 is 11.3 Å². The van der Waals surface area contributed by atoms with Gasteiger partial charge in [0.2, 0.25) is 0 Å². The first-order valence-corrected chi connectivity index (χ1v) is 14.2. The summed E-state index contributed by atoms with van der Waals surface area (Å²) in [5, 5.41) is 6.99. The first-order chi connectivity index (χ1) is 19.7. The van der Waals surface area contributed by atoms with Crippen LogP contribution in [0.2, 0.25) is 0 Å². The van der Waals surface area contributed by atoms with Gasteiger partial charge in [0, 0.05) is 47.4 Å². The molecule has 0 bridgehead atoms. The van der Waals surface area contributed by atoms with E-state index in [0.29, 0.717) is 0 Å². The molecule has 3 heterocycles. The van der Waals surface area contributed by atoms with Crippen molar-refractivity contribution in [2.24, 2.45) is 0 Å². The Morgan fingerprint density at radius 1 is 0.575 bits per heavy atom. The molecule has 9 rings (SSSR count). The van der Waals surface area contributed by atoms with Crippen LogP contribution in [0.3, 0.4) is 0 Å². The Morgan fingerprint density at radius 2 is 1.35 bits per heavy atom. The number of furan rings is 1. The lowest BCUT2D eigenvalue weighted by molar-refractivity contribution is 0.673. The summed E-state index contributed by atoms with van der Waals surface area (Å²) < 4.78 is 11.1. The lowest BCUT2D eigenvalue weighted by atomic mass is 9.93. The van der Waals surface area contributed by atoms with Gasteiger partial charge in [-0.15, -0.1) is 11.3 Å². The van der Waals surface area contributed by atoms with Gasteiger partial charge < -0.3 is 8.98 Å². The summed E-state index contributed by atoms with van der Waals surface area (Å²) in [6.07, 6.45) is 0. The van der Waals surface area contributed by atoms with E-state index in [1.807, 2.05) is 12.1 Å². The predicted molar refractivity (Wildman–Crippen MR) is 172 cm³/mol. The average molecular weight is 525 g/mol. The Bertz CT molecular complexity index is 2450. The van der Waals surface area contributed by atoms with E-state index in [9.17, 15) is 0 Å². The Kier molecular flexibility index (Phi) is 4.47. The highest BCUT2D eigenvalue weighted by Gasteiger charge is 2.18. The molecule has 0 spiro atoms. The number of fused-ring (bicyclic) bond motifs is 10. The zero-order valence-electron chi connectivity index (χ0n) is 21.4. The first kappa shape index (κ1) is 22.1. The number of hydrogen-bond donors (Lipinski definition) is 0. The fourth-order valence-electron chi connectivity index (χ4n) is 6.35. The third kappa shape index (κ3) is 3.00. The van der Waals surface area contributed by atoms with E-state index < -0.39 is 0 Å². The lowest BCUT2D eigenvalue weighted by Gasteiger charge is -2.11.